The third kappa shape index (κ3) is 4.31. The van der Waals surface area contributed by atoms with Crippen LogP contribution in [0.3, 0.4) is 0 Å². The number of nitrogens with one attached hydrogen (secondary N) is 1. The van der Waals surface area contributed by atoms with E-state index in [9.17, 15) is 4.79 Å². The Morgan fingerprint density at radius 1 is 1.36 bits per heavy atom. The van der Waals surface area contributed by atoms with Crippen molar-refractivity contribution in [1.29, 1.82) is 0 Å². The zero-order valence-electron chi connectivity index (χ0n) is 14.2. The van der Waals surface area contributed by atoms with E-state index < -0.39 is 6.04 Å². The van der Waals surface area contributed by atoms with Crippen LogP contribution in [0.1, 0.15) is 39.7 Å². The summed E-state index contributed by atoms with van der Waals surface area (Å²) in [5.74, 6) is -0.0359. The number of likely N-dealkylation sites (tertiary alicyclic amines) is 1. The molecule has 0 aliphatic carbocycles. The molecule has 1 aromatic rings. The second-order valence-corrected chi connectivity index (χ2v) is 7.55. The summed E-state index contributed by atoms with van der Waals surface area (Å²) in [7, 11) is 0. The second-order valence-electron chi connectivity index (χ2n) is 7.55. The van der Waals surface area contributed by atoms with Gasteiger partial charge in [0, 0.05) is 25.2 Å². The van der Waals surface area contributed by atoms with Gasteiger partial charge in [-0.25, -0.2) is 0 Å². The van der Waals surface area contributed by atoms with Crippen LogP contribution in [0.2, 0.25) is 0 Å². The normalized spacial score (nSPS) is 24.2. The minimum atomic E-state index is -0.467. The fraction of sp³-hybridized carbons (Fsp3) is 0.611. The highest BCUT2D eigenvalue weighted by atomic mass is 16.2. The van der Waals surface area contributed by atoms with Crippen molar-refractivity contribution in [2.45, 2.75) is 58.8 Å². The van der Waals surface area contributed by atoms with Crippen molar-refractivity contribution in [3.63, 3.8) is 0 Å². The van der Waals surface area contributed by atoms with Gasteiger partial charge < -0.3 is 11.1 Å². The minimum Gasteiger partial charge on any atom is -0.351 e. The molecule has 4 heteroatoms. The lowest BCUT2D eigenvalue weighted by molar-refractivity contribution is -0.125. The number of amides is 1. The topological polar surface area (TPSA) is 58.4 Å². The Labute approximate surface area is 134 Å². The van der Waals surface area contributed by atoms with Gasteiger partial charge in [0.25, 0.3) is 0 Å². The Morgan fingerprint density at radius 3 is 2.59 bits per heavy atom. The summed E-state index contributed by atoms with van der Waals surface area (Å²) in [6.45, 7) is 10.0. The van der Waals surface area contributed by atoms with E-state index >= 15 is 0 Å². The Balaban J connectivity index is 1.89. The number of nitrogens with zero attached hydrogens (tertiary/aromatic N) is 1. The highest BCUT2D eigenvalue weighted by Gasteiger charge is 2.33. The summed E-state index contributed by atoms with van der Waals surface area (Å²) >= 11 is 0. The molecule has 122 valence electrons. The van der Waals surface area contributed by atoms with Gasteiger partial charge in [-0.2, -0.15) is 0 Å². The molecule has 0 radical (unpaired) electrons. The van der Waals surface area contributed by atoms with Crippen molar-refractivity contribution in [2.24, 2.45) is 11.1 Å². The van der Waals surface area contributed by atoms with E-state index in [-0.39, 0.29) is 17.4 Å². The van der Waals surface area contributed by atoms with Crippen LogP contribution in [0.25, 0.3) is 0 Å². The lowest BCUT2D eigenvalue weighted by Gasteiger charge is -2.27. The monoisotopic (exact) mass is 303 g/mol. The molecule has 0 saturated carbocycles. The number of carbonyl (C=O) groups is 1. The zero-order chi connectivity index (χ0) is 16.3. The van der Waals surface area contributed by atoms with Gasteiger partial charge in [0.1, 0.15) is 0 Å². The minimum absolute atomic E-state index is 0.0359. The van der Waals surface area contributed by atoms with Gasteiger partial charge in [0.05, 0.1) is 6.04 Å². The Hall–Kier alpha value is -1.39. The smallest absolute Gasteiger partial charge is 0.237 e. The van der Waals surface area contributed by atoms with Crippen LogP contribution in [0.15, 0.2) is 30.3 Å². The predicted octanol–water partition coefficient (Wildman–Crippen LogP) is 2.14. The molecule has 3 N–H and O–H groups in total. The maximum Gasteiger partial charge on any atom is 0.237 e. The number of rotatable bonds is 4. The van der Waals surface area contributed by atoms with Crippen molar-refractivity contribution in [3.05, 3.63) is 35.9 Å². The second kappa shape index (κ2) is 6.80. The Kier molecular flexibility index (Phi) is 5.24. The fourth-order valence-corrected chi connectivity index (χ4v) is 2.93. The van der Waals surface area contributed by atoms with Crippen LogP contribution in [0.4, 0.5) is 0 Å². The van der Waals surface area contributed by atoms with Crippen LogP contribution in [0, 0.1) is 5.41 Å². The quantitative estimate of drug-likeness (QED) is 0.896. The van der Waals surface area contributed by atoms with E-state index in [0.717, 1.165) is 19.5 Å². The molecule has 1 saturated heterocycles. The van der Waals surface area contributed by atoms with Crippen LogP contribution in [-0.4, -0.2) is 35.5 Å². The van der Waals surface area contributed by atoms with Gasteiger partial charge in [-0.3, -0.25) is 9.69 Å². The molecule has 1 heterocycles. The number of benzene rings is 1. The van der Waals surface area contributed by atoms with Gasteiger partial charge in [-0.05, 0) is 24.3 Å². The van der Waals surface area contributed by atoms with Gasteiger partial charge in [-0.1, -0.05) is 51.1 Å². The molecular weight excluding hydrogens is 274 g/mol. The number of hydrogen-bond donors (Lipinski definition) is 2. The summed E-state index contributed by atoms with van der Waals surface area (Å²) in [5.41, 5.74) is 7.14. The highest BCUT2D eigenvalue weighted by Crippen LogP contribution is 2.22. The number of carbonyl (C=O) groups excluding carboxylic acids is 1. The first-order valence-corrected chi connectivity index (χ1v) is 8.11. The Bertz CT molecular complexity index is 495. The summed E-state index contributed by atoms with van der Waals surface area (Å²) < 4.78 is 0. The summed E-state index contributed by atoms with van der Waals surface area (Å²) in [4.78, 5) is 14.7. The maximum atomic E-state index is 12.3. The average molecular weight is 303 g/mol. The fourth-order valence-electron chi connectivity index (χ4n) is 2.93. The molecule has 1 aromatic carbocycles. The van der Waals surface area contributed by atoms with Crippen LogP contribution in [0.5, 0.6) is 0 Å². The standard InChI is InChI=1S/C18H29N3O/c1-13-10-15(20-17(22)16(19)18(2,3)4)12-21(13)11-14-8-6-5-7-9-14/h5-9,13,15-16H,10-12,19H2,1-4H3,(H,20,22)/t13?,15?,16-/m1/s1. The molecule has 0 spiro atoms. The number of nitrogens with two attached hydrogens (primary N) is 1. The van der Waals surface area contributed by atoms with E-state index in [1.807, 2.05) is 26.8 Å². The predicted molar refractivity (Wildman–Crippen MR) is 90.3 cm³/mol. The molecule has 0 aromatic heterocycles. The molecular formula is C18H29N3O. The summed E-state index contributed by atoms with van der Waals surface area (Å²) in [5, 5.41) is 3.13. The van der Waals surface area contributed by atoms with E-state index in [4.69, 9.17) is 5.73 Å². The summed E-state index contributed by atoms with van der Waals surface area (Å²) in [6.07, 6.45) is 0.982. The zero-order valence-corrected chi connectivity index (χ0v) is 14.2. The Morgan fingerprint density at radius 2 is 2.00 bits per heavy atom. The summed E-state index contributed by atoms with van der Waals surface area (Å²) in [6, 6.07) is 10.7. The first kappa shape index (κ1) is 17.0. The first-order chi connectivity index (χ1) is 10.3. The molecule has 2 unspecified atom stereocenters. The third-order valence-corrected chi connectivity index (χ3v) is 4.49. The van der Waals surface area contributed by atoms with Crippen LogP contribution in [-0.2, 0) is 11.3 Å². The lowest BCUT2D eigenvalue weighted by Crippen LogP contribution is -2.51. The molecule has 2 rings (SSSR count). The van der Waals surface area contributed by atoms with Gasteiger partial charge >= 0.3 is 0 Å². The highest BCUT2D eigenvalue weighted by molar-refractivity contribution is 5.82. The average Bonchev–Trinajstić information content (AvgIpc) is 2.78. The number of hydrogen-bond acceptors (Lipinski definition) is 3. The van der Waals surface area contributed by atoms with Crippen LogP contribution < -0.4 is 11.1 Å². The van der Waals surface area contributed by atoms with E-state index in [1.54, 1.807) is 0 Å². The molecule has 1 aliphatic heterocycles. The molecule has 1 aliphatic rings. The van der Waals surface area contributed by atoms with Gasteiger partial charge in [-0.15, -0.1) is 0 Å². The van der Waals surface area contributed by atoms with Crippen molar-refractivity contribution >= 4 is 5.91 Å². The SMILES string of the molecule is CC1CC(NC(=O)[C@@H](N)C(C)(C)C)CN1Cc1ccccc1. The molecule has 1 fully saturated rings. The van der Waals surface area contributed by atoms with E-state index in [1.165, 1.54) is 5.56 Å². The maximum absolute atomic E-state index is 12.3. The molecule has 0 bridgehead atoms. The van der Waals surface area contributed by atoms with Crippen LogP contribution >= 0.6 is 0 Å². The molecule has 22 heavy (non-hydrogen) atoms. The lowest BCUT2D eigenvalue weighted by atomic mass is 9.87. The van der Waals surface area contributed by atoms with Crippen molar-refractivity contribution in [2.75, 3.05) is 6.54 Å². The molecule has 1 amide bonds. The van der Waals surface area contributed by atoms with Gasteiger partial charge in [0.15, 0.2) is 0 Å². The van der Waals surface area contributed by atoms with E-state index in [2.05, 4.69) is 41.4 Å². The van der Waals surface area contributed by atoms with Crippen molar-refractivity contribution < 1.29 is 4.79 Å². The largest absolute Gasteiger partial charge is 0.351 e. The van der Waals surface area contributed by atoms with Crippen molar-refractivity contribution in [1.82, 2.24) is 10.2 Å². The molecule has 3 atom stereocenters. The van der Waals surface area contributed by atoms with Crippen molar-refractivity contribution in [3.8, 4) is 0 Å². The van der Waals surface area contributed by atoms with Gasteiger partial charge in [0.2, 0.25) is 5.91 Å². The molecule has 4 nitrogen and oxygen atoms in total. The first-order valence-electron chi connectivity index (χ1n) is 8.11. The third-order valence-electron chi connectivity index (χ3n) is 4.49. The van der Waals surface area contributed by atoms with E-state index in [0.29, 0.717) is 6.04 Å².